The molecule has 0 fully saturated rings. The number of aliphatic hydroxyl groups is 1. The molecule has 0 saturated heterocycles. The molecule has 0 radical (unpaired) electrons. The van der Waals surface area contributed by atoms with Gasteiger partial charge in [0.25, 0.3) is 0 Å². The topological polar surface area (TPSA) is 25.2 Å². The van der Waals surface area contributed by atoms with Crippen molar-refractivity contribution in [1.29, 1.82) is 0 Å². The van der Waals surface area contributed by atoms with Crippen LogP contribution in [0.1, 0.15) is 64.7 Å². The Morgan fingerprint density at radius 1 is 0.741 bits per heavy atom. The number of rotatable bonds is 12. The van der Waals surface area contributed by atoms with E-state index in [0.717, 1.165) is 19.4 Å². The fraction of sp³-hybridized carbons (Fsp3) is 0.520. The van der Waals surface area contributed by atoms with Crippen LogP contribution in [0.25, 0.3) is 21.8 Å². The molecule has 0 saturated carbocycles. The second-order valence-corrected chi connectivity index (χ2v) is 7.93. The SMILES string of the molecule is CCCCCCCCCC(CO)CCn1c2ccccc2c2ccccc21. The molecule has 0 spiro atoms. The van der Waals surface area contributed by atoms with Crippen molar-refractivity contribution in [2.24, 2.45) is 5.92 Å². The summed E-state index contributed by atoms with van der Waals surface area (Å²) in [5.41, 5.74) is 2.62. The zero-order chi connectivity index (χ0) is 18.9. The van der Waals surface area contributed by atoms with E-state index in [1.807, 2.05) is 0 Å². The van der Waals surface area contributed by atoms with Crippen molar-refractivity contribution in [3.05, 3.63) is 48.5 Å². The maximum atomic E-state index is 9.84. The largest absolute Gasteiger partial charge is 0.396 e. The Morgan fingerprint density at radius 3 is 1.89 bits per heavy atom. The van der Waals surface area contributed by atoms with Gasteiger partial charge in [0.2, 0.25) is 0 Å². The standard InChI is InChI=1S/C25H35NO/c1-2-3-4-5-6-7-8-13-21(20-27)18-19-26-24-16-11-9-14-22(24)23-15-10-12-17-25(23)26/h9-12,14-17,21,27H,2-8,13,18-20H2,1H3. The molecule has 27 heavy (non-hydrogen) atoms. The molecule has 0 amide bonds. The number of para-hydroxylation sites is 2. The Labute approximate surface area is 164 Å². The van der Waals surface area contributed by atoms with E-state index in [1.54, 1.807) is 0 Å². The summed E-state index contributed by atoms with van der Waals surface area (Å²) in [6.07, 6.45) is 11.6. The maximum absolute atomic E-state index is 9.84. The number of unbranched alkanes of at least 4 members (excludes halogenated alkanes) is 6. The molecule has 0 aliphatic carbocycles. The van der Waals surface area contributed by atoms with E-state index in [-0.39, 0.29) is 0 Å². The molecule has 1 heterocycles. The minimum absolute atomic E-state index is 0.312. The minimum atomic E-state index is 0.312. The highest BCUT2D eigenvalue weighted by molar-refractivity contribution is 6.07. The van der Waals surface area contributed by atoms with Crippen LogP contribution in [0.3, 0.4) is 0 Å². The summed E-state index contributed by atoms with van der Waals surface area (Å²) in [5.74, 6) is 0.417. The van der Waals surface area contributed by atoms with Crippen LogP contribution in [0, 0.1) is 5.92 Å². The van der Waals surface area contributed by atoms with Gasteiger partial charge in [0, 0.05) is 35.0 Å². The average molecular weight is 366 g/mol. The van der Waals surface area contributed by atoms with Gasteiger partial charge in [-0.05, 0) is 30.9 Å². The van der Waals surface area contributed by atoms with Crippen molar-refractivity contribution >= 4 is 21.8 Å². The van der Waals surface area contributed by atoms with E-state index in [9.17, 15) is 5.11 Å². The maximum Gasteiger partial charge on any atom is 0.0491 e. The summed E-state index contributed by atoms with van der Waals surface area (Å²) >= 11 is 0. The van der Waals surface area contributed by atoms with E-state index in [0.29, 0.717) is 12.5 Å². The number of hydrogen-bond acceptors (Lipinski definition) is 1. The molecular weight excluding hydrogens is 330 g/mol. The second-order valence-electron chi connectivity index (χ2n) is 7.93. The molecule has 2 heteroatoms. The number of nitrogens with zero attached hydrogens (tertiary/aromatic N) is 1. The fourth-order valence-corrected chi connectivity index (χ4v) is 4.27. The fourth-order valence-electron chi connectivity index (χ4n) is 4.27. The van der Waals surface area contributed by atoms with Crippen LogP contribution in [0.15, 0.2) is 48.5 Å². The Morgan fingerprint density at radius 2 is 1.30 bits per heavy atom. The number of benzene rings is 2. The average Bonchev–Trinajstić information content (AvgIpc) is 3.03. The normalized spacial score (nSPS) is 12.8. The number of aliphatic hydroxyl groups excluding tert-OH is 1. The summed E-state index contributed by atoms with van der Waals surface area (Å²) in [6.45, 7) is 3.56. The Bertz CT molecular complexity index is 766. The monoisotopic (exact) mass is 365 g/mol. The first kappa shape index (κ1) is 19.9. The van der Waals surface area contributed by atoms with Crippen molar-refractivity contribution in [2.45, 2.75) is 71.3 Å². The Hall–Kier alpha value is -1.80. The third kappa shape index (κ3) is 5.13. The molecule has 2 aromatic carbocycles. The van der Waals surface area contributed by atoms with Crippen molar-refractivity contribution in [2.75, 3.05) is 6.61 Å². The molecule has 1 unspecified atom stereocenters. The second kappa shape index (κ2) is 10.5. The van der Waals surface area contributed by atoms with Gasteiger partial charge in [-0.2, -0.15) is 0 Å². The van der Waals surface area contributed by atoms with Crippen LogP contribution in [0.4, 0.5) is 0 Å². The summed E-state index contributed by atoms with van der Waals surface area (Å²) in [5, 5.41) is 12.5. The van der Waals surface area contributed by atoms with Gasteiger partial charge in [-0.25, -0.2) is 0 Å². The van der Waals surface area contributed by atoms with Gasteiger partial charge < -0.3 is 9.67 Å². The minimum Gasteiger partial charge on any atom is -0.396 e. The van der Waals surface area contributed by atoms with Crippen LogP contribution >= 0.6 is 0 Å². The van der Waals surface area contributed by atoms with E-state index < -0.39 is 0 Å². The quantitative estimate of drug-likeness (QED) is 0.346. The van der Waals surface area contributed by atoms with Gasteiger partial charge in [-0.1, -0.05) is 88.3 Å². The first-order chi connectivity index (χ1) is 13.3. The summed E-state index contributed by atoms with van der Waals surface area (Å²) in [4.78, 5) is 0. The van der Waals surface area contributed by atoms with Gasteiger partial charge in [0.1, 0.15) is 0 Å². The van der Waals surface area contributed by atoms with Gasteiger partial charge in [-0.15, -0.1) is 0 Å². The third-order valence-corrected chi connectivity index (χ3v) is 5.91. The molecule has 1 atom stereocenters. The van der Waals surface area contributed by atoms with Crippen LogP contribution in [0.5, 0.6) is 0 Å². The molecule has 3 rings (SSSR count). The van der Waals surface area contributed by atoms with E-state index >= 15 is 0 Å². The van der Waals surface area contributed by atoms with Gasteiger partial charge in [0.15, 0.2) is 0 Å². The lowest BCUT2D eigenvalue weighted by atomic mass is 9.97. The summed E-state index contributed by atoms with van der Waals surface area (Å²) in [7, 11) is 0. The van der Waals surface area contributed by atoms with Crippen molar-refractivity contribution < 1.29 is 5.11 Å². The third-order valence-electron chi connectivity index (χ3n) is 5.91. The molecule has 0 aliphatic rings. The smallest absolute Gasteiger partial charge is 0.0491 e. The number of hydrogen-bond donors (Lipinski definition) is 1. The lowest BCUT2D eigenvalue weighted by molar-refractivity contribution is 0.203. The predicted octanol–water partition coefficient (Wildman–Crippen LogP) is 6.93. The molecule has 0 aliphatic heterocycles. The molecule has 1 N–H and O–H groups in total. The van der Waals surface area contributed by atoms with Crippen molar-refractivity contribution in [3.8, 4) is 0 Å². The Balaban J connectivity index is 1.56. The zero-order valence-corrected chi connectivity index (χ0v) is 16.9. The first-order valence-electron chi connectivity index (χ1n) is 10.9. The molecular formula is C25H35NO. The first-order valence-corrected chi connectivity index (χ1v) is 10.9. The molecule has 146 valence electrons. The molecule has 0 bridgehead atoms. The van der Waals surface area contributed by atoms with Crippen molar-refractivity contribution in [1.82, 2.24) is 4.57 Å². The number of aryl methyl sites for hydroxylation is 1. The molecule has 2 nitrogen and oxygen atoms in total. The number of fused-ring (bicyclic) bond motifs is 3. The highest BCUT2D eigenvalue weighted by Gasteiger charge is 2.12. The van der Waals surface area contributed by atoms with E-state index in [4.69, 9.17) is 0 Å². The highest BCUT2D eigenvalue weighted by Crippen LogP contribution is 2.29. The van der Waals surface area contributed by atoms with Crippen LogP contribution in [0.2, 0.25) is 0 Å². The molecule has 1 aromatic heterocycles. The van der Waals surface area contributed by atoms with E-state index in [2.05, 4.69) is 60.0 Å². The molecule has 3 aromatic rings. The summed E-state index contributed by atoms with van der Waals surface area (Å²) < 4.78 is 2.44. The van der Waals surface area contributed by atoms with Crippen molar-refractivity contribution in [3.63, 3.8) is 0 Å². The van der Waals surface area contributed by atoms with Crippen LogP contribution in [-0.2, 0) is 6.54 Å². The summed E-state index contributed by atoms with van der Waals surface area (Å²) in [6, 6.07) is 17.4. The number of aromatic nitrogens is 1. The zero-order valence-electron chi connectivity index (χ0n) is 16.9. The van der Waals surface area contributed by atoms with Crippen LogP contribution < -0.4 is 0 Å². The predicted molar refractivity (Wildman–Crippen MR) is 117 cm³/mol. The lowest BCUT2D eigenvalue weighted by Crippen LogP contribution is -2.10. The van der Waals surface area contributed by atoms with Crippen LogP contribution in [-0.4, -0.2) is 16.3 Å². The van der Waals surface area contributed by atoms with E-state index in [1.165, 1.54) is 66.8 Å². The lowest BCUT2D eigenvalue weighted by Gasteiger charge is -2.16. The van der Waals surface area contributed by atoms with Gasteiger partial charge in [-0.3, -0.25) is 0 Å². The van der Waals surface area contributed by atoms with Gasteiger partial charge >= 0.3 is 0 Å². The van der Waals surface area contributed by atoms with Gasteiger partial charge in [0.05, 0.1) is 0 Å². The highest BCUT2D eigenvalue weighted by atomic mass is 16.3. The Kier molecular flexibility index (Phi) is 7.77.